The van der Waals surface area contributed by atoms with E-state index in [1.807, 2.05) is 24.3 Å². The standard InChI is InChI=1S/C19H22F3N3O3S/c1-28-16-6-2-5-15(11-16)25-9-3-4-14(12-25)24-13-7-8-18(29(23,26)27)17(10-13)19(20,21)22/h2,5-8,10-11,14,24H,3-4,9,12H2,1H3,(H2,23,26,27). The van der Waals surface area contributed by atoms with Gasteiger partial charge < -0.3 is 15.0 Å². The summed E-state index contributed by atoms with van der Waals surface area (Å²) in [6.45, 7) is 1.41. The van der Waals surface area contributed by atoms with Crippen molar-refractivity contribution in [3.63, 3.8) is 0 Å². The molecule has 1 atom stereocenters. The van der Waals surface area contributed by atoms with E-state index in [-0.39, 0.29) is 11.7 Å². The molecule has 0 amide bonds. The van der Waals surface area contributed by atoms with Gasteiger partial charge in [0.15, 0.2) is 0 Å². The second kappa shape index (κ2) is 8.11. The lowest BCUT2D eigenvalue weighted by molar-refractivity contribution is -0.139. The van der Waals surface area contributed by atoms with E-state index in [4.69, 9.17) is 9.88 Å². The molecule has 0 aromatic heterocycles. The lowest BCUT2D eigenvalue weighted by atomic mass is 10.0. The summed E-state index contributed by atoms with van der Waals surface area (Å²) in [6, 6.07) is 10.5. The first-order chi connectivity index (χ1) is 13.6. The molecule has 1 heterocycles. The van der Waals surface area contributed by atoms with Crippen LogP contribution in [0.5, 0.6) is 5.75 Å². The van der Waals surface area contributed by atoms with Crippen LogP contribution < -0.4 is 20.1 Å². The first-order valence-corrected chi connectivity index (χ1v) is 10.5. The van der Waals surface area contributed by atoms with Gasteiger partial charge in [-0.05, 0) is 43.2 Å². The number of methoxy groups -OCH3 is 1. The Kier molecular flexibility index (Phi) is 5.95. The summed E-state index contributed by atoms with van der Waals surface area (Å²) in [5.41, 5.74) is -0.107. The Labute approximate surface area is 167 Å². The normalized spacial score (nSPS) is 17.8. The van der Waals surface area contributed by atoms with Gasteiger partial charge in [0.2, 0.25) is 10.0 Å². The van der Waals surface area contributed by atoms with E-state index >= 15 is 0 Å². The average Bonchev–Trinajstić information content (AvgIpc) is 2.67. The summed E-state index contributed by atoms with van der Waals surface area (Å²) >= 11 is 0. The zero-order valence-corrected chi connectivity index (χ0v) is 16.6. The summed E-state index contributed by atoms with van der Waals surface area (Å²) in [6.07, 6.45) is -3.20. The van der Waals surface area contributed by atoms with Crippen LogP contribution in [0.1, 0.15) is 18.4 Å². The van der Waals surface area contributed by atoms with Gasteiger partial charge in [-0.1, -0.05) is 6.07 Å². The van der Waals surface area contributed by atoms with Crippen molar-refractivity contribution in [2.24, 2.45) is 5.14 Å². The van der Waals surface area contributed by atoms with Crippen molar-refractivity contribution in [1.82, 2.24) is 0 Å². The molecule has 6 nitrogen and oxygen atoms in total. The number of hydrogen-bond donors (Lipinski definition) is 2. The Morgan fingerprint density at radius 3 is 2.62 bits per heavy atom. The molecule has 0 aliphatic carbocycles. The third-order valence-electron chi connectivity index (χ3n) is 4.80. The Balaban J connectivity index is 1.80. The molecule has 1 unspecified atom stereocenters. The SMILES string of the molecule is COc1cccc(N2CCCC(Nc3ccc(S(N)(=O)=O)c(C(F)(F)F)c3)C2)c1. The van der Waals surface area contributed by atoms with Crippen molar-refractivity contribution in [2.75, 3.05) is 30.4 Å². The molecule has 2 aromatic rings. The number of anilines is 2. The van der Waals surface area contributed by atoms with Crippen molar-refractivity contribution in [3.05, 3.63) is 48.0 Å². The molecule has 1 aliphatic heterocycles. The summed E-state index contributed by atoms with van der Waals surface area (Å²) < 4.78 is 68.2. The van der Waals surface area contributed by atoms with E-state index in [1.54, 1.807) is 7.11 Å². The minimum absolute atomic E-state index is 0.101. The molecule has 10 heteroatoms. The third kappa shape index (κ3) is 5.13. The highest BCUT2D eigenvalue weighted by atomic mass is 32.2. The van der Waals surface area contributed by atoms with Gasteiger partial charge in [0.1, 0.15) is 5.75 Å². The van der Waals surface area contributed by atoms with Crippen LogP contribution in [0.25, 0.3) is 0 Å². The number of nitrogens with zero attached hydrogens (tertiary/aromatic N) is 1. The Bertz CT molecular complexity index is 980. The van der Waals surface area contributed by atoms with Gasteiger partial charge in [-0.15, -0.1) is 0 Å². The van der Waals surface area contributed by atoms with Crippen LogP contribution in [-0.4, -0.2) is 34.7 Å². The molecule has 2 aromatic carbocycles. The van der Waals surface area contributed by atoms with Gasteiger partial charge >= 0.3 is 6.18 Å². The molecule has 0 radical (unpaired) electrons. The summed E-state index contributed by atoms with van der Waals surface area (Å²) in [5, 5.41) is 8.02. The smallest absolute Gasteiger partial charge is 0.417 e. The molecule has 1 saturated heterocycles. The van der Waals surface area contributed by atoms with Crippen molar-refractivity contribution >= 4 is 21.4 Å². The van der Waals surface area contributed by atoms with E-state index in [1.165, 1.54) is 6.07 Å². The fourth-order valence-corrected chi connectivity index (χ4v) is 4.20. The second-order valence-electron chi connectivity index (χ2n) is 6.88. The fourth-order valence-electron chi connectivity index (χ4n) is 3.46. The average molecular weight is 429 g/mol. The predicted molar refractivity (Wildman–Crippen MR) is 105 cm³/mol. The first-order valence-electron chi connectivity index (χ1n) is 8.97. The van der Waals surface area contributed by atoms with Crippen LogP contribution in [0, 0.1) is 0 Å². The maximum Gasteiger partial charge on any atom is 0.417 e. The molecular formula is C19H22F3N3O3S. The summed E-state index contributed by atoms with van der Waals surface area (Å²) in [5.74, 6) is 0.728. The molecule has 1 fully saturated rings. The summed E-state index contributed by atoms with van der Waals surface area (Å²) in [4.78, 5) is 1.20. The first kappa shape index (κ1) is 21.3. The van der Waals surface area contributed by atoms with Crippen LogP contribution in [0.2, 0.25) is 0 Å². The molecule has 0 bridgehead atoms. The Hall–Kier alpha value is -2.46. The zero-order valence-electron chi connectivity index (χ0n) is 15.7. The molecule has 0 saturated carbocycles. The number of rotatable bonds is 5. The molecule has 3 rings (SSSR count). The third-order valence-corrected chi connectivity index (χ3v) is 5.77. The number of primary sulfonamides is 1. The van der Waals surface area contributed by atoms with Crippen LogP contribution in [0.15, 0.2) is 47.4 Å². The van der Waals surface area contributed by atoms with E-state index < -0.39 is 26.7 Å². The molecule has 158 valence electrons. The van der Waals surface area contributed by atoms with Gasteiger partial charge in [0, 0.05) is 36.6 Å². The predicted octanol–water partition coefficient (Wildman–Crippen LogP) is 3.44. The van der Waals surface area contributed by atoms with Gasteiger partial charge in [0.05, 0.1) is 17.6 Å². The van der Waals surface area contributed by atoms with Crippen molar-refractivity contribution in [1.29, 1.82) is 0 Å². The number of alkyl halides is 3. The fraction of sp³-hybridized carbons (Fsp3) is 0.368. The van der Waals surface area contributed by atoms with Gasteiger partial charge in [-0.2, -0.15) is 13.2 Å². The number of ether oxygens (including phenoxy) is 1. The van der Waals surface area contributed by atoms with E-state index in [9.17, 15) is 21.6 Å². The topological polar surface area (TPSA) is 84.7 Å². The highest BCUT2D eigenvalue weighted by Crippen LogP contribution is 2.36. The minimum Gasteiger partial charge on any atom is -0.497 e. The van der Waals surface area contributed by atoms with Gasteiger partial charge in [-0.3, -0.25) is 0 Å². The van der Waals surface area contributed by atoms with E-state index in [2.05, 4.69) is 10.2 Å². The van der Waals surface area contributed by atoms with Crippen molar-refractivity contribution < 1.29 is 26.3 Å². The largest absolute Gasteiger partial charge is 0.497 e. The number of hydrogen-bond acceptors (Lipinski definition) is 5. The van der Waals surface area contributed by atoms with Gasteiger partial charge in [-0.25, -0.2) is 13.6 Å². The minimum atomic E-state index is -4.83. The van der Waals surface area contributed by atoms with Crippen LogP contribution >= 0.6 is 0 Å². The molecule has 29 heavy (non-hydrogen) atoms. The van der Waals surface area contributed by atoms with Crippen LogP contribution in [0.3, 0.4) is 0 Å². The van der Waals surface area contributed by atoms with Crippen LogP contribution in [0.4, 0.5) is 24.5 Å². The highest BCUT2D eigenvalue weighted by Gasteiger charge is 2.37. The van der Waals surface area contributed by atoms with Crippen molar-refractivity contribution in [2.45, 2.75) is 30.0 Å². The number of nitrogens with two attached hydrogens (primary N) is 1. The maximum absolute atomic E-state index is 13.3. The van der Waals surface area contributed by atoms with Crippen LogP contribution in [-0.2, 0) is 16.2 Å². The highest BCUT2D eigenvalue weighted by molar-refractivity contribution is 7.89. The van der Waals surface area contributed by atoms with E-state index in [0.29, 0.717) is 6.54 Å². The lowest BCUT2D eigenvalue weighted by Crippen LogP contribution is -2.42. The molecule has 3 N–H and O–H groups in total. The zero-order chi connectivity index (χ0) is 21.2. The number of piperidine rings is 1. The summed E-state index contributed by atoms with van der Waals surface area (Å²) in [7, 11) is -2.90. The maximum atomic E-state index is 13.3. The lowest BCUT2D eigenvalue weighted by Gasteiger charge is -2.35. The van der Waals surface area contributed by atoms with E-state index in [0.717, 1.165) is 43.0 Å². The van der Waals surface area contributed by atoms with Crippen molar-refractivity contribution in [3.8, 4) is 5.75 Å². The number of benzene rings is 2. The molecule has 1 aliphatic rings. The monoisotopic (exact) mass is 429 g/mol. The number of sulfonamides is 1. The molecular weight excluding hydrogens is 407 g/mol. The Morgan fingerprint density at radius 2 is 1.97 bits per heavy atom. The Morgan fingerprint density at radius 1 is 1.21 bits per heavy atom. The second-order valence-corrected chi connectivity index (χ2v) is 8.41. The van der Waals surface area contributed by atoms with Gasteiger partial charge in [0.25, 0.3) is 0 Å². The molecule has 0 spiro atoms. The quantitative estimate of drug-likeness (QED) is 0.761. The number of halogens is 3. The number of nitrogens with one attached hydrogen (secondary N) is 1.